The van der Waals surface area contributed by atoms with Crippen LogP contribution in [0.5, 0.6) is 0 Å². The molecule has 1 heterocycles. The Bertz CT molecular complexity index is 654. The molecule has 0 saturated carbocycles. The van der Waals surface area contributed by atoms with E-state index in [1.807, 2.05) is 49.4 Å². The molecule has 0 atom stereocenters. The van der Waals surface area contributed by atoms with Gasteiger partial charge in [0.05, 0.1) is 23.6 Å². The lowest BCUT2D eigenvalue weighted by Crippen LogP contribution is -2.36. The van der Waals surface area contributed by atoms with Gasteiger partial charge in [-0.1, -0.05) is 18.2 Å². The third-order valence-corrected chi connectivity index (χ3v) is 3.80. The van der Waals surface area contributed by atoms with Crippen LogP contribution in [-0.2, 0) is 4.79 Å². The maximum absolute atomic E-state index is 12.2. The molecule has 3 nitrogen and oxygen atoms in total. The molecule has 0 saturated heterocycles. The van der Waals surface area contributed by atoms with Crippen LogP contribution in [-0.4, -0.2) is 12.5 Å². The van der Waals surface area contributed by atoms with Crippen molar-refractivity contribution >= 4 is 38.9 Å². The van der Waals surface area contributed by atoms with Crippen molar-refractivity contribution in [1.82, 2.24) is 0 Å². The van der Waals surface area contributed by atoms with Crippen LogP contribution >= 0.6 is 15.9 Å². The highest BCUT2D eigenvalue weighted by atomic mass is 79.9. The number of fused-ring (bicyclic) bond motifs is 1. The average Bonchev–Trinajstić information content (AvgIpc) is 2.40. The van der Waals surface area contributed by atoms with Crippen molar-refractivity contribution < 1.29 is 4.79 Å². The predicted molar refractivity (Wildman–Crippen MR) is 81.0 cm³/mol. The largest absolute Gasteiger partial charge is 0.374 e. The summed E-state index contributed by atoms with van der Waals surface area (Å²) in [5.41, 5.74) is 3.91. The highest BCUT2D eigenvalue weighted by Crippen LogP contribution is 2.38. The van der Waals surface area contributed by atoms with Crippen LogP contribution < -0.4 is 10.2 Å². The molecule has 0 aromatic heterocycles. The number of amides is 1. The standard InChI is InChI=1S/C15H13BrN2O/c1-10-6-7-13(11(16)8-10)18-14-5-3-2-4-12(14)17-9-15(18)19/h2-8,17H,9H2,1H3. The fourth-order valence-corrected chi connectivity index (χ4v) is 2.93. The Labute approximate surface area is 120 Å². The maximum Gasteiger partial charge on any atom is 0.250 e. The topological polar surface area (TPSA) is 32.3 Å². The Morgan fingerprint density at radius 1 is 1.16 bits per heavy atom. The van der Waals surface area contributed by atoms with E-state index in [-0.39, 0.29) is 5.91 Å². The van der Waals surface area contributed by atoms with Gasteiger partial charge >= 0.3 is 0 Å². The van der Waals surface area contributed by atoms with Crippen LogP contribution in [0.15, 0.2) is 46.9 Å². The average molecular weight is 317 g/mol. The second kappa shape index (κ2) is 4.70. The van der Waals surface area contributed by atoms with Gasteiger partial charge in [0.25, 0.3) is 5.91 Å². The summed E-state index contributed by atoms with van der Waals surface area (Å²) >= 11 is 3.55. The van der Waals surface area contributed by atoms with E-state index >= 15 is 0 Å². The minimum atomic E-state index is 0.0447. The molecule has 2 aromatic carbocycles. The van der Waals surface area contributed by atoms with Crippen molar-refractivity contribution in [3.63, 3.8) is 0 Å². The molecule has 1 N–H and O–H groups in total. The van der Waals surface area contributed by atoms with Crippen molar-refractivity contribution in [2.75, 3.05) is 16.8 Å². The molecule has 96 valence electrons. The number of carbonyl (C=O) groups is 1. The molecule has 2 aromatic rings. The first kappa shape index (κ1) is 12.2. The summed E-state index contributed by atoms with van der Waals surface area (Å²) in [5.74, 6) is 0.0447. The van der Waals surface area contributed by atoms with Crippen molar-refractivity contribution in [2.45, 2.75) is 6.92 Å². The zero-order valence-corrected chi connectivity index (χ0v) is 12.1. The molecule has 1 amide bonds. The summed E-state index contributed by atoms with van der Waals surface area (Å²) in [4.78, 5) is 14.0. The first-order chi connectivity index (χ1) is 9.16. The molecule has 19 heavy (non-hydrogen) atoms. The second-order valence-electron chi connectivity index (χ2n) is 4.55. The zero-order chi connectivity index (χ0) is 13.4. The number of hydrogen-bond donors (Lipinski definition) is 1. The summed E-state index contributed by atoms with van der Waals surface area (Å²) in [7, 11) is 0. The maximum atomic E-state index is 12.2. The molecule has 1 aliphatic heterocycles. The smallest absolute Gasteiger partial charge is 0.250 e. The van der Waals surface area contributed by atoms with Crippen molar-refractivity contribution in [3.8, 4) is 0 Å². The van der Waals surface area contributed by atoms with E-state index in [9.17, 15) is 4.79 Å². The predicted octanol–water partition coefficient (Wildman–Crippen LogP) is 3.85. The Balaban J connectivity index is 2.16. The quantitative estimate of drug-likeness (QED) is 0.866. The molecule has 3 rings (SSSR count). The van der Waals surface area contributed by atoms with Gasteiger partial charge in [-0.25, -0.2) is 0 Å². The van der Waals surface area contributed by atoms with E-state index in [0.717, 1.165) is 27.1 Å². The van der Waals surface area contributed by atoms with E-state index in [4.69, 9.17) is 0 Å². The van der Waals surface area contributed by atoms with E-state index in [0.29, 0.717) is 6.54 Å². The Kier molecular flexibility index (Phi) is 3.03. The number of nitrogens with zero attached hydrogens (tertiary/aromatic N) is 1. The van der Waals surface area contributed by atoms with Gasteiger partial charge in [0.2, 0.25) is 0 Å². The fourth-order valence-electron chi connectivity index (χ4n) is 2.26. The van der Waals surface area contributed by atoms with Gasteiger partial charge in [0.1, 0.15) is 0 Å². The summed E-state index contributed by atoms with van der Waals surface area (Å²) in [5, 5.41) is 3.14. The van der Waals surface area contributed by atoms with Gasteiger partial charge in [-0.3, -0.25) is 9.69 Å². The first-order valence-corrected chi connectivity index (χ1v) is 6.88. The van der Waals surface area contributed by atoms with E-state index in [1.54, 1.807) is 4.90 Å². The summed E-state index contributed by atoms with van der Waals surface area (Å²) < 4.78 is 0.928. The van der Waals surface area contributed by atoms with Crippen molar-refractivity contribution in [1.29, 1.82) is 0 Å². The van der Waals surface area contributed by atoms with Crippen LogP contribution in [0.1, 0.15) is 5.56 Å². The Morgan fingerprint density at radius 2 is 1.95 bits per heavy atom. The highest BCUT2D eigenvalue weighted by molar-refractivity contribution is 9.10. The number of aryl methyl sites for hydroxylation is 1. The minimum Gasteiger partial charge on any atom is -0.374 e. The molecule has 0 fully saturated rings. The zero-order valence-electron chi connectivity index (χ0n) is 10.5. The van der Waals surface area contributed by atoms with Gasteiger partial charge in [-0.05, 0) is 52.7 Å². The van der Waals surface area contributed by atoms with Gasteiger partial charge in [0, 0.05) is 4.47 Å². The number of para-hydroxylation sites is 2. The number of halogens is 1. The lowest BCUT2D eigenvalue weighted by Gasteiger charge is -2.30. The molecule has 0 radical (unpaired) electrons. The molecule has 0 aliphatic carbocycles. The highest BCUT2D eigenvalue weighted by Gasteiger charge is 2.26. The van der Waals surface area contributed by atoms with E-state index < -0.39 is 0 Å². The minimum absolute atomic E-state index is 0.0447. The SMILES string of the molecule is Cc1ccc(N2C(=O)CNc3ccccc32)c(Br)c1. The summed E-state index contributed by atoms with van der Waals surface area (Å²) in [6, 6.07) is 13.8. The molecule has 0 spiro atoms. The second-order valence-corrected chi connectivity index (χ2v) is 5.41. The van der Waals surface area contributed by atoms with E-state index in [2.05, 4.69) is 21.2 Å². The third-order valence-electron chi connectivity index (χ3n) is 3.17. The van der Waals surface area contributed by atoms with Gasteiger partial charge < -0.3 is 5.32 Å². The molecule has 1 aliphatic rings. The third kappa shape index (κ3) is 2.12. The number of nitrogens with one attached hydrogen (secondary N) is 1. The molecule has 4 heteroatoms. The number of benzene rings is 2. The Morgan fingerprint density at radius 3 is 2.74 bits per heavy atom. The van der Waals surface area contributed by atoms with Crippen LogP contribution in [0, 0.1) is 6.92 Å². The van der Waals surface area contributed by atoms with E-state index in [1.165, 1.54) is 0 Å². The lowest BCUT2D eigenvalue weighted by molar-refractivity contribution is -0.116. The molecular weight excluding hydrogens is 304 g/mol. The Hall–Kier alpha value is -1.81. The number of carbonyl (C=O) groups excluding carboxylic acids is 1. The summed E-state index contributed by atoms with van der Waals surface area (Å²) in [6.45, 7) is 2.35. The normalized spacial score (nSPS) is 14.0. The number of hydrogen-bond acceptors (Lipinski definition) is 2. The van der Waals surface area contributed by atoms with Crippen LogP contribution in [0.4, 0.5) is 17.1 Å². The molecule has 0 bridgehead atoms. The molecule has 0 unspecified atom stereocenters. The fraction of sp³-hybridized carbons (Fsp3) is 0.133. The van der Waals surface area contributed by atoms with Crippen LogP contribution in [0.25, 0.3) is 0 Å². The van der Waals surface area contributed by atoms with Gasteiger partial charge in [-0.2, -0.15) is 0 Å². The monoisotopic (exact) mass is 316 g/mol. The number of anilines is 3. The molecular formula is C15H13BrN2O. The van der Waals surface area contributed by atoms with Gasteiger partial charge in [-0.15, -0.1) is 0 Å². The van der Waals surface area contributed by atoms with Gasteiger partial charge in [0.15, 0.2) is 0 Å². The van der Waals surface area contributed by atoms with Crippen LogP contribution in [0.2, 0.25) is 0 Å². The van der Waals surface area contributed by atoms with Crippen molar-refractivity contribution in [3.05, 3.63) is 52.5 Å². The number of rotatable bonds is 1. The first-order valence-electron chi connectivity index (χ1n) is 6.09. The summed E-state index contributed by atoms with van der Waals surface area (Å²) in [6.07, 6.45) is 0. The van der Waals surface area contributed by atoms with Crippen molar-refractivity contribution in [2.24, 2.45) is 0 Å². The lowest BCUT2D eigenvalue weighted by atomic mass is 10.1. The van der Waals surface area contributed by atoms with Crippen LogP contribution in [0.3, 0.4) is 0 Å².